The monoisotopic (exact) mass is 452 g/mol. The molecule has 0 atom stereocenters. The number of sulfonamides is 1. The van der Waals surface area contributed by atoms with Crippen LogP contribution < -0.4 is 0 Å². The van der Waals surface area contributed by atoms with Gasteiger partial charge >= 0.3 is 0 Å². The number of rotatable bonds is 4. The topological polar surface area (TPSA) is 75.5 Å². The lowest BCUT2D eigenvalue weighted by Gasteiger charge is -2.21. The van der Waals surface area contributed by atoms with Crippen molar-refractivity contribution in [2.45, 2.75) is 20.3 Å². The predicted octanol–water partition coefficient (Wildman–Crippen LogP) is 3.26. The van der Waals surface area contributed by atoms with Gasteiger partial charge in [-0.05, 0) is 49.6 Å². The van der Waals surface area contributed by atoms with Gasteiger partial charge in [0.15, 0.2) is 0 Å². The van der Waals surface area contributed by atoms with Crippen LogP contribution in [0.4, 0.5) is 0 Å². The normalized spacial score (nSPS) is 15.5. The first-order chi connectivity index (χ1) is 15.2. The number of aryl methyl sites for hydroxylation is 2. The molecule has 0 unspecified atom stereocenters. The summed E-state index contributed by atoms with van der Waals surface area (Å²) in [5, 5.41) is 4.78. The largest absolute Gasteiger partial charge is 0.337 e. The standard InChI is InChI=1S/C24H28N4O3S/c1-18-10-11-20(16-19(18)2)23-22(17-28(25-23)21-8-5-4-6-9-21)24(29)26-12-7-13-27(15-14-26)32(3,30)31/h4-6,8-11,16-17H,7,12-15H2,1-3H3. The molecule has 0 radical (unpaired) electrons. The first-order valence-electron chi connectivity index (χ1n) is 10.7. The molecule has 1 amide bonds. The van der Waals surface area contributed by atoms with Crippen LogP contribution in [0, 0.1) is 13.8 Å². The van der Waals surface area contributed by atoms with Crippen LogP contribution in [-0.2, 0) is 10.0 Å². The van der Waals surface area contributed by atoms with E-state index in [1.807, 2.05) is 49.4 Å². The van der Waals surface area contributed by atoms with E-state index in [0.717, 1.165) is 16.8 Å². The maximum absolute atomic E-state index is 13.6. The van der Waals surface area contributed by atoms with Crippen molar-refractivity contribution in [2.75, 3.05) is 32.4 Å². The molecule has 7 nitrogen and oxygen atoms in total. The molecule has 8 heteroatoms. The number of hydrogen-bond donors (Lipinski definition) is 0. The van der Waals surface area contributed by atoms with Crippen LogP contribution in [0.15, 0.2) is 54.7 Å². The summed E-state index contributed by atoms with van der Waals surface area (Å²) < 4.78 is 27.1. The summed E-state index contributed by atoms with van der Waals surface area (Å²) >= 11 is 0. The number of carbonyl (C=O) groups is 1. The summed E-state index contributed by atoms with van der Waals surface area (Å²) in [6.45, 7) is 5.69. The highest BCUT2D eigenvalue weighted by atomic mass is 32.2. The van der Waals surface area contributed by atoms with E-state index in [2.05, 4.69) is 13.0 Å². The van der Waals surface area contributed by atoms with Crippen molar-refractivity contribution in [1.29, 1.82) is 0 Å². The van der Waals surface area contributed by atoms with E-state index in [1.54, 1.807) is 15.8 Å². The number of carbonyl (C=O) groups excluding carboxylic acids is 1. The van der Waals surface area contributed by atoms with E-state index >= 15 is 0 Å². The lowest BCUT2D eigenvalue weighted by Crippen LogP contribution is -2.37. The number of benzene rings is 2. The second-order valence-electron chi connectivity index (χ2n) is 8.28. The van der Waals surface area contributed by atoms with Crippen LogP contribution in [0.2, 0.25) is 0 Å². The molecule has 0 spiro atoms. The van der Waals surface area contributed by atoms with Crippen molar-refractivity contribution < 1.29 is 13.2 Å². The molecule has 0 N–H and O–H groups in total. The van der Waals surface area contributed by atoms with Crippen LogP contribution in [0.1, 0.15) is 27.9 Å². The maximum Gasteiger partial charge on any atom is 0.257 e. The van der Waals surface area contributed by atoms with Crippen molar-refractivity contribution in [3.63, 3.8) is 0 Å². The van der Waals surface area contributed by atoms with Gasteiger partial charge in [-0.25, -0.2) is 17.4 Å². The Morgan fingerprint density at radius 2 is 1.69 bits per heavy atom. The Labute approximate surface area is 189 Å². The van der Waals surface area contributed by atoms with Gasteiger partial charge in [-0.15, -0.1) is 0 Å². The van der Waals surface area contributed by atoms with Gasteiger partial charge in [0.25, 0.3) is 5.91 Å². The van der Waals surface area contributed by atoms with Gasteiger partial charge in [-0.3, -0.25) is 4.79 Å². The van der Waals surface area contributed by atoms with Crippen molar-refractivity contribution >= 4 is 15.9 Å². The van der Waals surface area contributed by atoms with Crippen LogP contribution >= 0.6 is 0 Å². The number of nitrogens with zero attached hydrogens (tertiary/aromatic N) is 4. The van der Waals surface area contributed by atoms with E-state index in [0.29, 0.717) is 43.9 Å². The summed E-state index contributed by atoms with van der Waals surface area (Å²) in [6, 6.07) is 15.8. The van der Waals surface area contributed by atoms with Crippen molar-refractivity contribution in [1.82, 2.24) is 19.0 Å². The molecule has 4 rings (SSSR count). The Hall–Kier alpha value is -2.97. The molecular weight excluding hydrogens is 424 g/mol. The van der Waals surface area contributed by atoms with Crippen molar-refractivity contribution in [3.05, 3.63) is 71.4 Å². The van der Waals surface area contributed by atoms with Gasteiger partial charge in [0.1, 0.15) is 5.69 Å². The average molecular weight is 453 g/mol. The minimum Gasteiger partial charge on any atom is -0.337 e. The molecule has 32 heavy (non-hydrogen) atoms. The molecule has 2 aromatic carbocycles. The van der Waals surface area contributed by atoms with Gasteiger partial charge in [-0.1, -0.05) is 30.3 Å². The molecule has 1 fully saturated rings. The smallest absolute Gasteiger partial charge is 0.257 e. The van der Waals surface area contributed by atoms with Gasteiger partial charge in [0, 0.05) is 37.9 Å². The number of para-hydroxylation sites is 1. The lowest BCUT2D eigenvalue weighted by atomic mass is 10.0. The highest BCUT2D eigenvalue weighted by molar-refractivity contribution is 7.88. The summed E-state index contributed by atoms with van der Waals surface area (Å²) in [5.74, 6) is -0.129. The minimum atomic E-state index is -3.28. The zero-order chi connectivity index (χ0) is 22.9. The fourth-order valence-corrected chi connectivity index (χ4v) is 4.82. The van der Waals surface area contributed by atoms with Gasteiger partial charge < -0.3 is 4.90 Å². The second-order valence-corrected chi connectivity index (χ2v) is 10.3. The molecule has 3 aromatic rings. The molecule has 0 saturated carbocycles. The molecule has 1 aliphatic heterocycles. The van der Waals surface area contributed by atoms with Gasteiger partial charge in [0.05, 0.1) is 17.5 Å². The van der Waals surface area contributed by atoms with E-state index in [4.69, 9.17) is 5.10 Å². The molecule has 2 heterocycles. The Kier molecular flexibility index (Phi) is 6.17. The Balaban J connectivity index is 1.72. The first-order valence-corrected chi connectivity index (χ1v) is 12.6. The molecule has 0 aliphatic carbocycles. The van der Waals surface area contributed by atoms with E-state index in [9.17, 15) is 13.2 Å². The summed E-state index contributed by atoms with van der Waals surface area (Å²) in [4.78, 5) is 15.3. The van der Waals surface area contributed by atoms with Crippen LogP contribution in [0.3, 0.4) is 0 Å². The molecule has 1 aliphatic rings. The highest BCUT2D eigenvalue weighted by Gasteiger charge is 2.27. The Morgan fingerprint density at radius 1 is 0.938 bits per heavy atom. The molecular formula is C24H28N4O3S. The Morgan fingerprint density at radius 3 is 2.38 bits per heavy atom. The van der Waals surface area contributed by atoms with Gasteiger partial charge in [-0.2, -0.15) is 5.10 Å². The Bertz CT molecular complexity index is 1240. The average Bonchev–Trinajstić information content (AvgIpc) is 3.05. The predicted molar refractivity (Wildman–Crippen MR) is 125 cm³/mol. The van der Waals surface area contributed by atoms with Crippen molar-refractivity contribution in [3.8, 4) is 16.9 Å². The molecule has 168 valence electrons. The highest BCUT2D eigenvalue weighted by Crippen LogP contribution is 2.27. The molecule has 1 saturated heterocycles. The zero-order valence-electron chi connectivity index (χ0n) is 18.7. The fourth-order valence-electron chi connectivity index (χ4n) is 3.94. The van der Waals surface area contributed by atoms with E-state index < -0.39 is 10.0 Å². The third-order valence-corrected chi connectivity index (χ3v) is 7.26. The van der Waals surface area contributed by atoms with Crippen molar-refractivity contribution in [2.24, 2.45) is 0 Å². The lowest BCUT2D eigenvalue weighted by molar-refractivity contribution is 0.0765. The molecule has 1 aromatic heterocycles. The minimum absolute atomic E-state index is 0.129. The van der Waals surface area contributed by atoms with Crippen LogP contribution in [0.25, 0.3) is 16.9 Å². The summed E-state index contributed by atoms with van der Waals surface area (Å²) in [7, 11) is -3.28. The number of hydrogen-bond acceptors (Lipinski definition) is 4. The third-order valence-electron chi connectivity index (χ3n) is 5.96. The second kappa shape index (κ2) is 8.88. The zero-order valence-corrected chi connectivity index (χ0v) is 19.5. The fraction of sp³-hybridized carbons (Fsp3) is 0.333. The number of amides is 1. The quantitative estimate of drug-likeness (QED) is 0.609. The molecule has 0 bridgehead atoms. The summed E-state index contributed by atoms with van der Waals surface area (Å²) in [5.41, 5.74) is 5.22. The van der Waals surface area contributed by atoms with Crippen LogP contribution in [0.5, 0.6) is 0 Å². The number of aromatic nitrogens is 2. The SMILES string of the molecule is Cc1ccc(-c2nn(-c3ccccc3)cc2C(=O)N2CCCN(S(C)(=O)=O)CC2)cc1C. The van der Waals surface area contributed by atoms with Crippen LogP contribution in [-0.4, -0.2) is 65.7 Å². The van der Waals surface area contributed by atoms with E-state index in [1.165, 1.54) is 16.1 Å². The third kappa shape index (κ3) is 4.61. The summed E-state index contributed by atoms with van der Waals surface area (Å²) in [6.07, 6.45) is 3.60. The first kappa shape index (κ1) is 22.2. The van der Waals surface area contributed by atoms with Gasteiger partial charge in [0.2, 0.25) is 10.0 Å². The maximum atomic E-state index is 13.6. The van der Waals surface area contributed by atoms with E-state index in [-0.39, 0.29) is 5.91 Å².